The zero-order valence-corrected chi connectivity index (χ0v) is 9.43. The van der Waals surface area contributed by atoms with Gasteiger partial charge in [0.05, 0.1) is 0 Å². The van der Waals surface area contributed by atoms with Crippen molar-refractivity contribution in [3.63, 3.8) is 0 Å². The van der Waals surface area contributed by atoms with Crippen LogP contribution in [0.15, 0.2) is 0 Å². The van der Waals surface area contributed by atoms with Gasteiger partial charge in [0.1, 0.15) is 0 Å². The predicted molar refractivity (Wildman–Crippen MR) is 60.6 cm³/mol. The zero-order chi connectivity index (χ0) is 10.5. The molecule has 0 aromatic heterocycles. The van der Waals surface area contributed by atoms with Crippen molar-refractivity contribution in [2.75, 3.05) is 13.1 Å². The van der Waals surface area contributed by atoms with Gasteiger partial charge in [0.15, 0.2) is 0 Å². The van der Waals surface area contributed by atoms with Gasteiger partial charge in [0, 0.05) is 19.0 Å². The van der Waals surface area contributed by atoms with Crippen LogP contribution in [-0.4, -0.2) is 25.0 Å². The van der Waals surface area contributed by atoms with Crippen molar-refractivity contribution in [2.24, 2.45) is 5.92 Å². The first kappa shape index (κ1) is 10.9. The highest BCUT2D eigenvalue weighted by molar-refractivity contribution is 5.76. The third-order valence-corrected chi connectivity index (χ3v) is 3.38. The third kappa shape index (κ3) is 4.20. The van der Waals surface area contributed by atoms with E-state index in [9.17, 15) is 4.79 Å². The maximum absolute atomic E-state index is 11.4. The van der Waals surface area contributed by atoms with Crippen LogP contribution in [0.4, 0.5) is 0 Å². The van der Waals surface area contributed by atoms with E-state index in [1.165, 1.54) is 32.1 Å². The summed E-state index contributed by atoms with van der Waals surface area (Å²) in [5.74, 6) is 0.945. The van der Waals surface area contributed by atoms with Gasteiger partial charge in [0.2, 0.25) is 5.91 Å². The second-order valence-corrected chi connectivity index (χ2v) is 4.93. The minimum absolute atomic E-state index is 0.256. The molecule has 3 heteroatoms. The molecule has 0 atom stereocenters. The summed E-state index contributed by atoms with van der Waals surface area (Å²) < 4.78 is 0. The molecule has 1 amide bonds. The highest BCUT2D eigenvalue weighted by Gasteiger charge is 2.21. The first-order chi connectivity index (χ1) is 7.34. The molecule has 15 heavy (non-hydrogen) atoms. The van der Waals surface area contributed by atoms with Crippen LogP contribution in [-0.2, 0) is 4.79 Å². The SMILES string of the molecule is O=C(CC1CCC1)NCCCNC1CC1. The van der Waals surface area contributed by atoms with Crippen LogP contribution in [0.25, 0.3) is 0 Å². The second kappa shape index (κ2) is 5.50. The van der Waals surface area contributed by atoms with Crippen molar-refractivity contribution >= 4 is 5.91 Å². The van der Waals surface area contributed by atoms with E-state index >= 15 is 0 Å². The smallest absolute Gasteiger partial charge is 0.220 e. The van der Waals surface area contributed by atoms with E-state index in [2.05, 4.69) is 10.6 Å². The Morgan fingerprint density at radius 2 is 1.93 bits per heavy atom. The van der Waals surface area contributed by atoms with E-state index in [1.807, 2.05) is 0 Å². The Labute approximate surface area is 92.0 Å². The number of nitrogens with one attached hydrogen (secondary N) is 2. The van der Waals surface area contributed by atoms with E-state index in [1.54, 1.807) is 0 Å². The summed E-state index contributed by atoms with van der Waals surface area (Å²) in [5, 5.41) is 6.44. The van der Waals surface area contributed by atoms with Crippen LogP contribution >= 0.6 is 0 Å². The van der Waals surface area contributed by atoms with Crippen LogP contribution in [0.3, 0.4) is 0 Å². The maximum atomic E-state index is 11.4. The van der Waals surface area contributed by atoms with E-state index in [0.717, 1.165) is 32.0 Å². The Kier molecular flexibility index (Phi) is 4.01. The van der Waals surface area contributed by atoms with Crippen molar-refractivity contribution in [3.05, 3.63) is 0 Å². The number of carbonyl (C=O) groups is 1. The van der Waals surface area contributed by atoms with Gasteiger partial charge in [-0.3, -0.25) is 4.79 Å². The molecule has 0 heterocycles. The fraction of sp³-hybridized carbons (Fsp3) is 0.917. The number of amides is 1. The molecule has 86 valence electrons. The summed E-state index contributed by atoms with van der Waals surface area (Å²) in [5.41, 5.74) is 0. The Morgan fingerprint density at radius 3 is 2.53 bits per heavy atom. The van der Waals surface area contributed by atoms with E-state index in [4.69, 9.17) is 0 Å². The summed E-state index contributed by atoms with van der Waals surface area (Å²) in [6.07, 6.45) is 8.35. The molecule has 2 aliphatic rings. The fourth-order valence-electron chi connectivity index (χ4n) is 1.94. The highest BCUT2D eigenvalue weighted by atomic mass is 16.1. The molecule has 2 aliphatic carbocycles. The third-order valence-electron chi connectivity index (χ3n) is 3.38. The lowest BCUT2D eigenvalue weighted by molar-refractivity contribution is -0.122. The van der Waals surface area contributed by atoms with Crippen molar-refractivity contribution in [1.29, 1.82) is 0 Å². The van der Waals surface area contributed by atoms with E-state index < -0.39 is 0 Å². The monoisotopic (exact) mass is 210 g/mol. The Hall–Kier alpha value is -0.570. The summed E-state index contributed by atoms with van der Waals surface area (Å²) >= 11 is 0. The molecular weight excluding hydrogens is 188 g/mol. The Morgan fingerprint density at radius 1 is 1.13 bits per heavy atom. The minimum atomic E-state index is 0.256. The summed E-state index contributed by atoms with van der Waals surface area (Å²) in [7, 11) is 0. The van der Waals surface area contributed by atoms with Crippen molar-refractivity contribution in [1.82, 2.24) is 10.6 Å². The van der Waals surface area contributed by atoms with Gasteiger partial charge >= 0.3 is 0 Å². The first-order valence-electron chi connectivity index (χ1n) is 6.34. The minimum Gasteiger partial charge on any atom is -0.356 e. The van der Waals surface area contributed by atoms with E-state index in [-0.39, 0.29) is 5.91 Å². The number of carbonyl (C=O) groups excluding carboxylic acids is 1. The normalized spacial score (nSPS) is 21.1. The lowest BCUT2D eigenvalue weighted by atomic mass is 9.83. The highest BCUT2D eigenvalue weighted by Crippen LogP contribution is 2.28. The topological polar surface area (TPSA) is 41.1 Å². The molecular formula is C12H22N2O. The molecule has 2 rings (SSSR count). The zero-order valence-electron chi connectivity index (χ0n) is 9.43. The molecule has 0 aromatic carbocycles. The van der Waals surface area contributed by atoms with Crippen molar-refractivity contribution in [3.8, 4) is 0 Å². The summed E-state index contributed by atoms with van der Waals surface area (Å²) in [6, 6.07) is 0.788. The number of hydrogen-bond donors (Lipinski definition) is 2. The second-order valence-electron chi connectivity index (χ2n) is 4.93. The lowest BCUT2D eigenvalue weighted by Gasteiger charge is -2.24. The van der Waals surface area contributed by atoms with Gasteiger partial charge in [-0.25, -0.2) is 0 Å². The van der Waals surface area contributed by atoms with Crippen molar-refractivity contribution < 1.29 is 4.79 Å². The van der Waals surface area contributed by atoms with Crippen LogP contribution in [0.1, 0.15) is 44.9 Å². The van der Waals surface area contributed by atoms with Crippen LogP contribution in [0, 0.1) is 5.92 Å². The molecule has 0 spiro atoms. The van der Waals surface area contributed by atoms with Gasteiger partial charge in [0.25, 0.3) is 0 Å². The standard InChI is InChI=1S/C12H22N2O/c15-12(9-10-3-1-4-10)14-8-2-7-13-11-5-6-11/h10-11,13H,1-9H2,(H,14,15). The average molecular weight is 210 g/mol. The van der Waals surface area contributed by atoms with Crippen LogP contribution in [0.2, 0.25) is 0 Å². The molecule has 0 bridgehead atoms. The van der Waals surface area contributed by atoms with Gasteiger partial charge in [-0.15, -0.1) is 0 Å². The number of hydrogen-bond acceptors (Lipinski definition) is 2. The summed E-state index contributed by atoms with van der Waals surface area (Å²) in [4.78, 5) is 11.4. The van der Waals surface area contributed by atoms with Gasteiger partial charge in [-0.2, -0.15) is 0 Å². The lowest BCUT2D eigenvalue weighted by Crippen LogP contribution is -2.30. The van der Waals surface area contributed by atoms with E-state index in [0.29, 0.717) is 5.92 Å². The van der Waals surface area contributed by atoms with Crippen LogP contribution in [0.5, 0.6) is 0 Å². The molecule has 3 nitrogen and oxygen atoms in total. The predicted octanol–water partition coefficient (Wildman–Crippen LogP) is 1.43. The quantitative estimate of drug-likeness (QED) is 0.624. The van der Waals surface area contributed by atoms with Gasteiger partial charge in [-0.1, -0.05) is 6.42 Å². The molecule has 0 aromatic rings. The largest absolute Gasteiger partial charge is 0.356 e. The molecule has 0 saturated heterocycles. The van der Waals surface area contributed by atoms with Crippen LogP contribution < -0.4 is 10.6 Å². The maximum Gasteiger partial charge on any atom is 0.220 e. The molecule has 2 N–H and O–H groups in total. The molecule has 2 saturated carbocycles. The molecule has 0 aliphatic heterocycles. The van der Waals surface area contributed by atoms with Gasteiger partial charge < -0.3 is 10.6 Å². The Balaban J connectivity index is 1.40. The van der Waals surface area contributed by atoms with Gasteiger partial charge in [-0.05, 0) is 44.6 Å². The molecule has 2 fully saturated rings. The summed E-state index contributed by atoms with van der Waals surface area (Å²) in [6.45, 7) is 1.89. The fourth-order valence-corrected chi connectivity index (χ4v) is 1.94. The average Bonchev–Trinajstić information content (AvgIpc) is 2.95. The molecule has 0 unspecified atom stereocenters. The molecule has 0 radical (unpaired) electrons. The number of rotatable bonds is 7. The Bertz CT molecular complexity index is 210. The first-order valence-corrected chi connectivity index (χ1v) is 6.34. The van der Waals surface area contributed by atoms with Crippen molar-refractivity contribution in [2.45, 2.75) is 51.0 Å².